The molecule has 0 bridgehead atoms. The van der Waals surface area contributed by atoms with E-state index in [1.807, 2.05) is 65.7 Å². The first kappa shape index (κ1) is 16.7. The smallest absolute Gasteiger partial charge is 0.256 e. The molecule has 1 atom stereocenters. The Morgan fingerprint density at radius 2 is 1.89 bits per heavy atom. The number of H-pyrrole nitrogens is 1. The lowest BCUT2D eigenvalue weighted by atomic mass is 9.96. The summed E-state index contributed by atoms with van der Waals surface area (Å²) in [7, 11) is 0. The number of nitrogens with zero attached hydrogens (tertiary/aromatic N) is 5. The maximum absolute atomic E-state index is 13.2. The molecule has 1 aliphatic heterocycles. The van der Waals surface area contributed by atoms with Crippen molar-refractivity contribution in [3.8, 4) is 5.69 Å². The number of para-hydroxylation sites is 2. The number of hydrogen-bond acceptors (Lipinski definition) is 4. The van der Waals surface area contributed by atoms with E-state index in [1.54, 1.807) is 4.68 Å². The van der Waals surface area contributed by atoms with Crippen LogP contribution in [-0.4, -0.2) is 49.1 Å². The number of rotatable bonds is 3. The van der Waals surface area contributed by atoms with Crippen LogP contribution in [-0.2, 0) is 0 Å². The molecular formula is C21H20N6O. The Kier molecular flexibility index (Phi) is 4.12. The number of nitrogens with one attached hydrogen (secondary N) is 1. The molecule has 0 saturated carbocycles. The van der Waals surface area contributed by atoms with Crippen molar-refractivity contribution >= 4 is 16.8 Å². The predicted octanol–water partition coefficient (Wildman–Crippen LogP) is 3.16. The third-order valence-electron chi connectivity index (χ3n) is 5.39. The van der Waals surface area contributed by atoms with Gasteiger partial charge in [-0.15, -0.1) is 5.10 Å². The second-order valence-electron chi connectivity index (χ2n) is 7.12. The van der Waals surface area contributed by atoms with Crippen LogP contribution in [0.3, 0.4) is 0 Å². The van der Waals surface area contributed by atoms with Crippen LogP contribution in [0.5, 0.6) is 0 Å². The van der Waals surface area contributed by atoms with Gasteiger partial charge in [-0.2, -0.15) is 4.68 Å². The fourth-order valence-electron chi connectivity index (χ4n) is 3.99. The lowest BCUT2D eigenvalue weighted by Crippen LogP contribution is -2.39. The number of aromatic nitrogens is 5. The van der Waals surface area contributed by atoms with Crippen LogP contribution in [0.15, 0.2) is 60.8 Å². The van der Waals surface area contributed by atoms with Gasteiger partial charge < -0.3 is 9.88 Å². The number of aromatic amines is 1. The molecule has 1 saturated heterocycles. The van der Waals surface area contributed by atoms with Crippen LogP contribution in [0.25, 0.3) is 16.6 Å². The quantitative estimate of drug-likeness (QED) is 0.599. The van der Waals surface area contributed by atoms with Crippen molar-refractivity contribution in [3.63, 3.8) is 0 Å². The van der Waals surface area contributed by atoms with Gasteiger partial charge in [0.1, 0.15) is 0 Å². The molecule has 140 valence electrons. The molecule has 0 radical (unpaired) electrons. The molecule has 0 spiro atoms. The first-order chi connectivity index (χ1) is 13.8. The van der Waals surface area contributed by atoms with E-state index in [0.29, 0.717) is 6.54 Å². The highest BCUT2D eigenvalue weighted by Gasteiger charge is 2.30. The molecule has 3 heterocycles. The number of fused-ring (bicyclic) bond motifs is 1. The molecule has 28 heavy (non-hydrogen) atoms. The molecule has 1 unspecified atom stereocenters. The average Bonchev–Trinajstić information content (AvgIpc) is 3.41. The van der Waals surface area contributed by atoms with Gasteiger partial charge in [-0.3, -0.25) is 4.79 Å². The Hall–Kier alpha value is -3.48. The Morgan fingerprint density at radius 3 is 2.79 bits per heavy atom. The van der Waals surface area contributed by atoms with Gasteiger partial charge in [-0.05, 0) is 41.5 Å². The van der Waals surface area contributed by atoms with Crippen LogP contribution in [0.2, 0.25) is 0 Å². The van der Waals surface area contributed by atoms with Crippen LogP contribution < -0.4 is 0 Å². The number of hydrogen-bond donors (Lipinski definition) is 1. The van der Waals surface area contributed by atoms with Gasteiger partial charge in [0, 0.05) is 36.1 Å². The standard InChI is InChI=1S/C21H20N6O/c28-21(18-13-22-19-11-5-4-10-17(18)19)26-12-6-7-15(14-26)20-23-24-25-27(20)16-8-2-1-3-9-16/h1-5,8-11,13,15,22H,6-7,12,14H2. The fraction of sp³-hybridized carbons (Fsp3) is 0.238. The molecule has 1 aliphatic rings. The summed E-state index contributed by atoms with van der Waals surface area (Å²) in [6.07, 6.45) is 3.70. The van der Waals surface area contributed by atoms with Gasteiger partial charge >= 0.3 is 0 Å². The van der Waals surface area contributed by atoms with Gasteiger partial charge in [0.25, 0.3) is 5.91 Å². The zero-order valence-corrected chi connectivity index (χ0v) is 15.3. The van der Waals surface area contributed by atoms with Crippen molar-refractivity contribution in [1.29, 1.82) is 0 Å². The summed E-state index contributed by atoms with van der Waals surface area (Å²) in [5.74, 6) is 0.974. The number of benzene rings is 2. The number of amides is 1. The van der Waals surface area contributed by atoms with Gasteiger partial charge in [0.05, 0.1) is 11.3 Å². The molecule has 2 aromatic heterocycles. The maximum Gasteiger partial charge on any atom is 0.256 e. The van der Waals surface area contributed by atoms with Gasteiger partial charge in [-0.25, -0.2) is 0 Å². The van der Waals surface area contributed by atoms with Gasteiger partial charge in [0.2, 0.25) is 0 Å². The van der Waals surface area contributed by atoms with Crippen molar-refractivity contribution < 1.29 is 4.79 Å². The van der Waals surface area contributed by atoms with E-state index in [2.05, 4.69) is 20.5 Å². The summed E-state index contributed by atoms with van der Waals surface area (Å²) < 4.78 is 1.78. The normalized spacial score (nSPS) is 17.1. The third-order valence-corrected chi connectivity index (χ3v) is 5.39. The molecule has 5 rings (SSSR count). The summed E-state index contributed by atoms with van der Waals surface area (Å²) in [5.41, 5.74) is 2.63. The molecule has 7 heteroatoms. The highest BCUT2D eigenvalue weighted by molar-refractivity contribution is 6.06. The monoisotopic (exact) mass is 372 g/mol. The predicted molar refractivity (Wildman–Crippen MR) is 105 cm³/mol. The lowest BCUT2D eigenvalue weighted by Gasteiger charge is -2.32. The van der Waals surface area contributed by atoms with Crippen LogP contribution in [0.4, 0.5) is 0 Å². The zero-order chi connectivity index (χ0) is 18.9. The van der Waals surface area contributed by atoms with Crippen molar-refractivity contribution in [2.75, 3.05) is 13.1 Å². The summed E-state index contributed by atoms with van der Waals surface area (Å²) in [6.45, 7) is 1.37. The molecule has 0 aliphatic carbocycles. The van der Waals surface area contributed by atoms with E-state index in [9.17, 15) is 4.79 Å². The minimum atomic E-state index is 0.0564. The first-order valence-corrected chi connectivity index (χ1v) is 9.50. The van der Waals surface area contributed by atoms with E-state index in [0.717, 1.165) is 47.4 Å². The largest absolute Gasteiger partial charge is 0.360 e. The number of likely N-dealkylation sites (tertiary alicyclic amines) is 1. The highest BCUT2D eigenvalue weighted by atomic mass is 16.2. The Morgan fingerprint density at radius 1 is 1.07 bits per heavy atom. The Balaban J connectivity index is 1.42. The zero-order valence-electron chi connectivity index (χ0n) is 15.3. The SMILES string of the molecule is O=C(c1c[nH]c2ccccc12)N1CCCC(c2nnnn2-c2ccccc2)C1. The minimum absolute atomic E-state index is 0.0564. The molecule has 1 fully saturated rings. The summed E-state index contributed by atoms with van der Waals surface area (Å²) in [6, 6.07) is 17.8. The summed E-state index contributed by atoms with van der Waals surface area (Å²) in [4.78, 5) is 18.3. The molecule has 4 aromatic rings. The van der Waals surface area contributed by atoms with Crippen molar-refractivity contribution in [2.24, 2.45) is 0 Å². The fourth-order valence-corrected chi connectivity index (χ4v) is 3.99. The Labute approximate surface area is 162 Å². The van der Waals surface area contributed by atoms with Crippen molar-refractivity contribution in [1.82, 2.24) is 30.1 Å². The van der Waals surface area contributed by atoms with Crippen LogP contribution >= 0.6 is 0 Å². The van der Waals surface area contributed by atoms with Gasteiger partial charge in [0.15, 0.2) is 5.82 Å². The number of carbonyl (C=O) groups excluding carboxylic acids is 1. The second kappa shape index (κ2) is 6.92. The number of carbonyl (C=O) groups is 1. The second-order valence-corrected chi connectivity index (χ2v) is 7.12. The van der Waals surface area contributed by atoms with Gasteiger partial charge in [-0.1, -0.05) is 36.4 Å². The van der Waals surface area contributed by atoms with Crippen molar-refractivity contribution in [3.05, 3.63) is 72.2 Å². The van der Waals surface area contributed by atoms with E-state index in [1.165, 1.54) is 0 Å². The molecule has 1 amide bonds. The van der Waals surface area contributed by atoms with Crippen molar-refractivity contribution in [2.45, 2.75) is 18.8 Å². The molecular weight excluding hydrogens is 352 g/mol. The van der Waals surface area contributed by atoms with E-state index >= 15 is 0 Å². The highest BCUT2D eigenvalue weighted by Crippen LogP contribution is 2.28. The molecule has 2 aromatic carbocycles. The number of tetrazole rings is 1. The topological polar surface area (TPSA) is 79.7 Å². The average molecular weight is 372 g/mol. The van der Waals surface area contributed by atoms with E-state index in [-0.39, 0.29) is 11.8 Å². The van der Waals surface area contributed by atoms with E-state index < -0.39 is 0 Å². The molecule has 1 N–H and O–H groups in total. The Bertz CT molecular complexity index is 1120. The van der Waals surface area contributed by atoms with Crippen LogP contribution in [0.1, 0.15) is 34.9 Å². The maximum atomic E-state index is 13.2. The van der Waals surface area contributed by atoms with Crippen LogP contribution in [0, 0.1) is 0 Å². The van der Waals surface area contributed by atoms with E-state index in [4.69, 9.17) is 0 Å². The number of piperidine rings is 1. The summed E-state index contributed by atoms with van der Waals surface area (Å²) in [5, 5.41) is 13.3. The first-order valence-electron chi connectivity index (χ1n) is 9.50. The lowest BCUT2D eigenvalue weighted by molar-refractivity contribution is 0.0705. The summed E-state index contributed by atoms with van der Waals surface area (Å²) >= 11 is 0. The molecule has 7 nitrogen and oxygen atoms in total. The third kappa shape index (κ3) is 2.85. The minimum Gasteiger partial charge on any atom is -0.360 e.